The highest BCUT2D eigenvalue weighted by molar-refractivity contribution is 5.72. The normalized spacial score (nSPS) is 12.4. The van der Waals surface area contributed by atoms with Crippen molar-refractivity contribution in [3.05, 3.63) is 0 Å². The van der Waals surface area contributed by atoms with Gasteiger partial charge in [0.25, 0.3) is 0 Å². The molecule has 0 fully saturated rings. The van der Waals surface area contributed by atoms with Gasteiger partial charge in [-0.15, -0.1) is 0 Å². The third kappa shape index (κ3) is 10.1. The standard InChI is InChI=1S/C13H20F4O4/c1-12(2,3)7-20-9(18)5-4-6-10(19)21-8-13(16,17)11(14)15/h11H,4-8H2,1-3H3. The van der Waals surface area contributed by atoms with Gasteiger partial charge in [0.2, 0.25) is 0 Å². The van der Waals surface area contributed by atoms with E-state index in [2.05, 4.69) is 4.74 Å². The van der Waals surface area contributed by atoms with Crippen molar-refractivity contribution >= 4 is 11.9 Å². The molecule has 0 spiro atoms. The minimum absolute atomic E-state index is 0.0437. The highest BCUT2D eigenvalue weighted by Crippen LogP contribution is 2.23. The Bertz CT molecular complexity index is 351. The van der Waals surface area contributed by atoms with Crippen LogP contribution in [0.1, 0.15) is 40.0 Å². The van der Waals surface area contributed by atoms with E-state index in [-0.39, 0.29) is 31.3 Å². The second-order valence-corrected chi connectivity index (χ2v) is 5.80. The molecular weight excluding hydrogens is 296 g/mol. The van der Waals surface area contributed by atoms with Crippen LogP contribution in [0.2, 0.25) is 0 Å². The molecule has 4 nitrogen and oxygen atoms in total. The molecule has 8 heteroatoms. The summed E-state index contributed by atoms with van der Waals surface area (Å²) in [5, 5.41) is 0. The molecule has 0 saturated heterocycles. The Hall–Kier alpha value is -1.34. The number of halogens is 4. The molecule has 0 amide bonds. The number of rotatable bonds is 8. The molecule has 0 bridgehead atoms. The van der Waals surface area contributed by atoms with Gasteiger partial charge in [-0.1, -0.05) is 20.8 Å². The topological polar surface area (TPSA) is 52.6 Å². The van der Waals surface area contributed by atoms with Crippen molar-refractivity contribution < 1.29 is 36.6 Å². The molecule has 0 unspecified atom stereocenters. The second-order valence-electron chi connectivity index (χ2n) is 5.80. The van der Waals surface area contributed by atoms with E-state index in [0.717, 1.165) is 0 Å². The Morgan fingerprint density at radius 2 is 1.38 bits per heavy atom. The molecule has 0 saturated carbocycles. The summed E-state index contributed by atoms with van der Waals surface area (Å²) >= 11 is 0. The monoisotopic (exact) mass is 316 g/mol. The van der Waals surface area contributed by atoms with Gasteiger partial charge in [0, 0.05) is 12.8 Å². The van der Waals surface area contributed by atoms with Gasteiger partial charge in [-0.05, 0) is 11.8 Å². The molecule has 0 aromatic carbocycles. The van der Waals surface area contributed by atoms with Crippen LogP contribution in [0.5, 0.6) is 0 Å². The summed E-state index contributed by atoms with van der Waals surface area (Å²) in [6.45, 7) is 4.18. The van der Waals surface area contributed by atoms with Gasteiger partial charge >= 0.3 is 24.3 Å². The third-order valence-electron chi connectivity index (χ3n) is 2.17. The van der Waals surface area contributed by atoms with Crippen LogP contribution < -0.4 is 0 Å². The highest BCUT2D eigenvalue weighted by Gasteiger charge is 2.42. The highest BCUT2D eigenvalue weighted by atomic mass is 19.3. The molecule has 0 aliphatic rings. The van der Waals surface area contributed by atoms with Crippen molar-refractivity contribution in [3.63, 3.8) is 0 Å². The molecule has 0 heterocycles. The molecule has 0 radical (unpaired) electrons. The zero-order valence-electron chi connectivity index (χ0n) is 12.3. The average molecular weight is 316 g/mol. The number of ether oxygens (including phenoxy) is 2. The van der Waals surface area contributed by atoms with Crippen LogP contribution in [0.4, 0.5) is 17.6 Å². The van der Waals surface area contributed by atoms with Gasteiger partial charge in [-0.25, -0.2) is 8.78 Å². The molecule has 0 atom stereocenters. The van der Waals surface area contributed by atoms with Crippen LogP contribution >= 0.6 is 0 Å². The molecule has 0 rings (SSSR count). The Morgan fingerprint density at radius 1 is 0.952 bits per heavy atom. The molecule has 124 valence electrons. The number of esters is 2. The Morgan fingerprint density at radius 3 is 1.76 bits per heavy atom. The predicted octanol–water partition coefficient (Wildman–Crippen LogP) is 3.19. The van der Waals surface area contributed by atoms with E-state index in [4.69, 9.17) is 4.74 Å². The van der Waals surface area contributed by atoms with Crippen molar-refractivity contribution in [1.82, 2.24) is 0 Å². The zero-order valence-corrected chi connectivity index (χ0v) is 12.3. The molecule has 0 N–H and O–H groups in total. The second kappa shape index (κ2) is 8.19. The molecule has 21 heavy (non-hydrogen) atoms. The lowest BCUT2D eigenvalue weighted by atomic mass is 9.99. The summed E-state index contributed by atoms with van der Waals surface area (Å²) in [6, 6.07) is 0. The summed E-state index contributed by atoms with van der Waals surface area (Å²) in [6.07, 6.45) is -4.24. The quantitative estimate of drug-likeness (QED) is 0.510. The minimum Gasteiger partial charge on any atom is -0.465 e. The summed E-state index contributed by atoms with van der Waals surface area (Å²) in [7, 11) is 0. The summed E-state index contributed by atoms with van der Waals surface area (Å²) in [4.78, 5) is 22.3. The number of alkyl halides is 4. The number of carbonyl (C=O) groups excluding carboxylic acids is 2. The van der Waals surface area contributed by atoms with Crippen molar-refractivity contribution in [1.29, 1.82) is 0 Å². The van der Waals surface area contributed by atoms with E-state index in [0.29, 0.717) is 0 Å². The van der Waals surface area contributed by atoms with Gasteiger partial charge in [-0.3, -0.25) is 9.59 Å². The first-order valence-electron chi connectivity index (χ1n) is 6.41. The lowest BCUT2D eigenvalue weighted by Gasteiger charge is -2.17. The summed E-state index contributed by atoms with van der Waals surface area (Å²) < 4.78 is 57.5. The van der Waals surface area contributed by atoms with Crippen molar-refractivity contribution in [2.45, 2.75) is 52.4 Å². The van der Waals surface area contributed by atoms with Gasteiger partial charge in [-0.2, -0.15) is 8.78 Å². The number of carbonyl (C=O) groups is 2. The first kappa shape index (κ1) is 19.7. The molecule has 0 aliphatic heterocycles. The molecule has 0 aromatic rings. The lowest BCUT2D eigenvalue weighted by molar-refractivity contribution is -0.179. The van der Waals surface area contributed by atoms with E-state index >= 15 is 0 Å². The fraction of sp³-hybridized carbons (Fsp3) is 0.846. The van der Waals surface area contributed by atoms with E-state index in [1.165, 1.54) is 0 Å². The van der Waals surface area contributed by atoms with Crippen LogP contribution in [0.25, 0.3) is 0 Å². The molecular formula is C13H20F4O4. The minimum atomic E-state index is -4.36. The Labute approximate surface area is 120 Å². The smallest absolute Gasteiger partial charge is 0.340 e. The zero-order chi connectivity index (χ0) is 16.7. The third-order valence-corrected chi connectivity index (χ3v) is 2.17. The van der Waals surface area contributed by atoms with Gasteiger partial charge in [0.15, 0.2) is 6.61 Å². The van der Waals surface area contributed by atoms with Crippen LogP contribution in [0.15, 0.2) is 0 Å². The van der Waals surface area contributed by atoms with Gasteiger partial charge in [0.05, 0.1) is 6.61 Å². The molecule has 0 aromatic heterocycles. The number of hydrogen-bond donors (Lipinski definition) is 0. The van der Waals surface area contributed by atoms with E-state index in [1.54, 1.807) is 0 Å². The van der Waals surface area contributed by atoms with Crippen molar-refractivity contribution in [2.75, 3.05) is 13.2 Å². The predicted molar refractivity (Wildman–Crippen MR) is 66.2 cm³/mol. The SMILES string of the molecule is CC(C)(C)COC(=O)CCCC(=O)OCC(F)(F)C(F)F. The van der Waals surface area contributed by atoms with Gasteiger partial charge in [0.1, 0.15) is 0 Å². The van der Waals surface area contributed by atoms with Crippen LogP contribution in [0.3, 0.4) is 0 Å². The lowest BCUT2D eigenvalue weighted by Crippen LogP contribution is -2.33. The summed E-state index contributed by atoms with van der Waals surface area (Å²) in [5.41, 5.74) is -0.185. The van der Waals surface area contributed by atoms with Crippen LogP contribution in [-0.4, -0.2) is 37.5 Å². The maximum Gasteiger partial charge on any atom is 0.340 e. The number of hydrogen-bond acceptors (Lipinski definition) is 4. The first-order chi connectivity index (χ1) is 9.44. The average Bonchev–Trinajstić information content (AvgIpc) is 2.33. The van der Waals surface area contributed by atoms with E-state index < -0.39 is 30.9 Å². The fourth-order valence-corrected chi connectivity index (χ4v) is 1.06. The first-order valence-corrected chi connectivity index (χ1v) is 6.41. The largest absolute Gasteiger partial charge is 0.465 e. The van der Waals surface area contributed by atoms with Crippen LogP contribution in [-0.2, 0) is 19.1 Å². The van der Waals surface area contributed by atoms with E-state index in [1.807, 2.05) is 20.8 Å². The fourth-order valence-electron chi connectivity index (χ4n) is 1.06. The van der Waals surface area contributed by atoms with Crippen molar-refractivity contribution in [2.24, 2.45) is 5.41 Å². The van der Waals surface area contributed by atoms with Crippen molar-refractivity contribution in [3.8, 4) is 0 Å². The van der Waals surface area contributed by atoms with Crippen LogP contribution in [0, 0.1) is 5.41 Å². The summed E-state index contributed by atoms with van der Waals surface area (Å²) in [5.74, 6) is -5.93. The van der Waals surface area contributed by atoms with Gasteiger partial charge < -0.3 is 9.47 Å². The molecule has 0 aliphatic carbocycles. The van der Waals surface area contributed by atoms with E-state index in [9.17, 15) is 27.2 Å². The Kier molecular flexibility index (Phi) is 7.67. The Balaban J connectivity index is 3.83. The maximum absolute atomic E-state index is 12.5. The maximum atomic E-state index is 12.5.